The number of sulfonamides is 1. The zero-order chi connectivity index (χ0) is 27.3. The van der Waals surface area contributed by atoms with Crippen molar-refractivity contribution < 1.29 is 26.3 Å². The van der Waals surface area contributed by atoms with Crippen molar-refractivity contribution in [1.29, 1.82) is 0 Å². The maximum atomic E-state index is 13.3. The predicted molar refractivity (Wildman–Crippen MR) is 141 cm³/mol. The minimum Gasteiger partial charge on any atom is -0.367 e. The van der Waals surface area contributed by atoms with E-state index in [0.29, 0.717) is 55.7 Å². The lowest BCUT2D eigenvalue weighted by molar-refractivity contribution is -0.137. The molecule has 1 heterocycles. The molecule has 3 aromatic rings. The van der Waals surface area contributed by atoms with E-state index in [1.165, 1.54) is 10.4 Å². The van der Waals surface area contributed by atoms with Crippen molar-refractivity contribution in [2.75, 3.05) is 39.3 Å². The van der Waals surface area contributed by atoms with Crippen LogP contribution in [0.25, 0.3) is 0 Å². The van der Waals surface area contributed by atoms with Crippen molar-refractivity contribution >= 4 is 10.0 Å². The SMILES string of the molecule is CC(C)c1ccc(S(=O)(=O)N2CCN(CCOC(c3ccccc3)c3cccc(C(F)(F)F)c3)CC2)cc1. The highest BCUT2D eigenvalue weighted by Gasteiger charge is 2.32. The highest BCUT2D eigenvalue weighted by Crippen LogP contribution is 2.33. The largest absolute Gasteiger partial charge is 0.416 e. The third-order valence-corrected chi connectivity index (χ3v) is 8.74. The van der Waals surface area contributed by atoms with Gasteiger partial charge in [0.1, 0.15) is 6.10 Å². The summed E-state index contributed by atoms with van der Waals surface area (Å²) >= 11 is 0. The van der Waals surface area contributed by atoms with Gasteiger partial charge in [-0.15, -0.1) is 0 Å². The van der Waals surface area contributed by atoms with Crippen LogP contribution in [0, 0.1) is 0 Å². The van der Waals surface area contributed by atoms with E-state index in [2.05, 4.69) is 18.7 Å². The van der Waals surface area contributed by atoms with Crippen LogP contribution in [0.2, 0.25) is 0 Å². The molecule has 1 saturated heterocycles. The van der Waals surface area contributed by atoms with E-state index in [0.717, 1.165) is 23.3 Å². The van der Waals surface area contributed by atoms with E-state index in [4.69, 9.17) is 4.74 Å². The second-order valence-corrected chi connectivity index (χ2v) is 11.7. The van der Waals surface area contributed by atoms with E-state index in [1.807, 2.05) is 42.5 Å². The Kier molecular flexibility index (Phi) is 8.92. The van der Waals surface area contributed by atoms with Gasteiger partial charge in [0.25, 0.3) is 0 Å². The molecule has 5 nitrogen and oxygen atoms in total. The number of alkyl halides is 3. The minimum atomic E-state index is -4.44. The van der Waals surface area contributed by atoms with Crippen molar-refractivity contribution in [2.45, 2.75) is 36.9 Å². The van der Waals surface area contributed by atoms with Crippen molar-refractivity contribution in [1.82, 2.24) is 9.21 Å². The molecule has 0 amide bonds. The van der Waals surface area contributed by atoms with Crippen molar-refractivity contribution in [2.24, 2.45) is 0 Å². The first-order valence-electron chi connectivity index (χ1n) is 12.7. The van der Waals surface area contributed by atoms with E-state index >= 15 is 0 Å². The number of halogens is 3. The summed E-state index contributed by atoms with van der Waals surface area (Å²) in [5, 5.41) is 0. The Morgan fingerprint density at radius 3 is 2.05 bits per heavy atom. The van der Waals surface area contributed by atoms with E-state index in [-0.39, 0.29) is 0 Å². The molecule has 0 N–H and O–H groups in total. The van der Waals surface area contributed by atoms with Gasteiger partial charge in [-0.2, -0.15) is 17.5 Å². The Labute approximate surface area is 222 Å². The fourth-order valence-corrected chi connectivity index (χ4v) is 5.98. The van der Waals surface area contributed by atoms with Crippen LogP contribution in [-0.2, 0) is 20.9 Å². The molecule has 0 bridgehead atoms. The molecule has 204 valence electrons. The van der Waals surface area contributed by atoms with Gasteiger partial charge in [0.2, 0.25) is 10.0 Å². The van der Waals surface area contributed by atoms with Gasteiger partial charge in [0, 0.05) is 32.7 Å². The van der Waals surface area contributed by atoms with Gasteiger partial charge in [0.05, 0.1) is 17.1 Å². The maximum absolute atomic E-state index is 13.3. The molecule has 0 aromatic heterocycles. The number of hydrogen-bond acceptors (Lipinski definition) is 4. The van der Waals surface area contributed by atoms with E-state index in [1.54, 1.807) is 18.2 Å². The maximum Gasteiger partial charge on any atom is 0.416 e. The molecule has 0 aliphatic carbocycles. The zero-order valence-electron chi connectivity index (χ0n) is 21.6. The average molecular weight is 547 g/mol. The van der Waals surface area contributed by atoms with Gasteiger partial charge in [-0.1, -0.05) is 68.4 Å². The van der Waals surface area contributed by atoms with Crippen LogP contribution in [0.3, 0.4) is 0 Å². The molecule has 1 aliphatic heterocycles. The third kappa shape index (κ3) is 6.83. The van der Waals surface area contributed by atoms with Gasteiger partial charge < -0.3 is 4.74 Å². The van der Waals surface area contributed by atoms with Crippen molar-refractivity contribution in [3.63, 3.8) is 0 Å². The molecule has 1 unspecified atom stereocenters. The first-order chi connectivity index (χ1) is 18.1. The molecular formula is C29H33F3N2O3S. The lowest BCUT2D eigenvalue weighted by atomic mass is 9.99. The predicted octanol–water partition coefficient (Wildman–Crippen LogP) is 5.94. The Balaban J connectivity index is 1.36. The van der Waals surface area contributed by atoms with Crippen molar-refractivity contribution in [3.05, 3.63) is 101 Å². The van der Waals surface area contributed by atoms with Gasteiger partial charge in [-0.05, 0) is 46.9 Å². The molecule has 0 radical (unpaired) electrons. The molecule has 1 atom stereocenters. The Bertz CT molecular complexity index is 1290. The van der Waals surface area contributed by atoms with Crippen LogP contribution in [0.1, 0.15) is 48.1 Å². The molecular weight excluding hydrogens is 513 g/mol. The normalized spacial score (nSPS) is 16.6. The number of piperazine rings is 1. The summed E-state index contributed by atoms with van der Waals surface area (Å²) in [4.78, 5) is 2.41. The summed E-state index contributed by atoms with van der Waals surface area (Å²) in [6.07, 6.45) is -5.08. The van der Waals surface area contributed by atoms with Gasteiger partial charge in [-0.25, -0.2) is 8.42 Å². The number of rotatable bonds is 9. The summed E-state index contributed by atoms with van der Waals surface area (Å²) in [5.74, 6) is 0.326. The fourth-order valence-electron chi connectivity index (χ4n) is 4.56. The molecule has 4 rings (SSSR count). The molecule has 1 aliphatic rings. The smallest absolute Gasteiger partial charge is 0.367 e. The second-order valence-electron chi connectivity index (χ2n) is 9.75. The van der Waals surface area contributed by atoms with Crippen LogP contribution >= 0.6 is 0 Å². The van der Waals surface area contributed by atoms with Crippen LogP contribution in [0.15, 0.2) is 83.8 Å². The molecule has 3 aromatic carbocycles. The lowest BCUT2D eigenvalue weighted by Gasteiger charge is -2.34. The number of nitrogens with zero attached hydrogens (tertiary/aromatic N) is 2. The standard InChI is InChI=1S/C29H33F3N2O3S/c1-22(2)23-11-13-27(14-12-23)38(35,36)34-17-15-33(16-18-34)19-20-37-28(24-7-4-3-5-8-24)25-9-6-10-26(21-25)29(30,31)32/h3-14,21-22,28H,15-20H2,1-2H3. The fraction of sp³-hybridized carbons (Fsp3) is 0.379. The Hall–Kier alpha value is -2.72. The quantitative estimate of drug-likeness (QED) is 0.333. The summed E-state index contributed by atoms with van der Waals surface area (Å²) in [7, 11) is -3.57. The van der Waals surface area contributed by atoms with E-state index in [9.17, 15) is 21.6 Å². The first kappa shape index (κ1) is 28.3. The molecule has 0 spiro atoms. The van der Waals surface area contributed by atoms with E-state index < -0.39 is 27.9 Å². The van der Waals surface area contributed by atoms with Crippen molar-refractivity contribution in [3.8, 4) is 0 Å². The summed E-state index contributed by atoms with van der Waals surface area (Å²) in [6.45, 7) is 6.78. The Morgan fingerprint density at radius 2 is 1.45 bits per heavy atom. The number of ether oxygens (including phenoxy) is 1. The summed E-state index contributed by atoms with van der Waals surface area (Å²) in [6, 6.07) is 21.5. The zero-order valence-corrected chi connectivity index (χ0v) is 22.4. The van der Waals surface area contributed by atoms with Gasteiger partial charge >= 0.3 is 6.18 Å². The van der Waals surface area contributed by atoms with Crippen LogP contribution in [0.4, 0.5) is 13.2 Å². The average Bonchev–Trinajstić information content (AvgIpc) is 2.91. The first-order valence-corrected chi connectivity index (χ1v) is 14.2. The van der Waals surface area contributed by atoms with Gasteiger partial charge in [0.15, 0.2) is 0 Å². The molecule has 38 heavy (non-hydrogen) atoms. The monoisotopic (exact) mass is 546 g/mol. The Morgan fingerprint density at radius 1 is 0.816 bits per heavy atom. The highest BCUT2D eigenvalue weighted by atomic mass is 32.2. The van der Waals surface area contributed by atoms with Crippen LogP contribution in [-0.4, -0.2) is 57.0 Å². The lowest BCUT2D eigenvalue weighted by Crippen LogP contribution is -2.49. The molecule has 9 heteroatoms. The van der Waals surface area contributed by atoms with Crippen LogP contribution in [0.5, 0.6) is 0 Å². The van der Waals surface area contributed by atoms with Crippen LogP contribution < -0.4 is 0 Å². The van der Waals surface area contributed by atoms with Gasteiger partial charge in [-0.3, -0.25) is 4.90 Å². The summed E-state index contributed by atoms with van der Waals surface area (Å²) < 4.78 is 73.8. The number of hydrogen-bond donors (Lipinski definition) is 0. The highest BCUT2D eigenvalue weighted by molar-refractivity contribution is 7.89. The molecule has 1 fully saturated rings. The minimum absolute atomic E-state index is 0.291. The summed E-state index contributed by atoms with van der Waals surface area (Å²) in [5.41, 5.74) is 1.58. The molecule has 0 saturated carbocycles. The topological polar surface area (TPSA) is 49.9 Å². The third-order valence-electron chi connectivity index (χ3n) is 6.83. The number of benzene rings is 3. The second kappa shape index (κ2) is 12.0.